The summed E-state index contributed by atoms with van der Waals surface area (Å²) in [6.45, 7) is 8.07. The van der Waals surface area contributed by atoms with Crippen LogP contribution in [0.4, 0.5) is 0 Å². The largest absolute Gasteiger partial charge is 0.308 e. The molecule has 0 saturated heterocycles. The fourth-order valence-corrected chi connectivity index (χ4v) is 3.18. The predicted molar refractivity (Wildman–Crippen MR) is 79.9 cm³/mol. The van der Waals surface area contributed by atoms with Crippen LogP contribution in [0, 0.1) is 11.3 Å². The van der Waals surface area contributed by atoms with Crippen LogP contribution in [0.5, 0.6) is 0 Å². The topological polar surface area (TPSA) is 29.9 Å². The third-order valence-electron chi connectivity index (χ3n) is 4.53. The Morgan fingerprint density at radius 2 is 2.05 bits per heavy atom. The average Bonchev–Trinajstić information content (AvgIpc) is 2.61. The molecule has 1 aromatic heterocycles. The highest BCUT2D eigenvalue weighted by Gasteiger charge is 2.27. The number of hydrogen-bond acceptors (Lipinski definition) is 2. The molecule has 3 heteroatoms. The Kier molecular flexibility index (Phi) is 4.67. The molecule has 1 aromatic rings. The van der Waals surface area contributed by atoms with Gasteiger partial charge in [0.05, 0.1) is 5.69 Å². The summed E-state index contributed by atoms with van der Waals surface area (Å²) in [6.07, 6.45) is 8.77. The first-order valence-electron chi connectivity index (χ1n) is 7.67. The van der Waals surface area contributed by atoms with Gasteiger partial charge in [0.2, 0.25) is 0 Å². The van der Waals surface area contributed by atoms with Gasteiger partial charge in [-0.25, -0.2) is 0 Å². The zero-order chi connectivity index (χ0) is 13.9. The highest BCUT2D eigenvalue weighted by Crippen LogP contribution is 2.36. The predicted octanol–water partition coefficient (Wildman–Crippen LogP) is 3.50. The maximum atomic E-state index is 4.43. The van der Waals surface area contributed by atoms with Gasteiger partial charge in [0.15, 0.2) is 0 Å². The Hall–Kier alpha value is -0.830. The third-order valence-corrected chi connectivity index (χ3v) is 4.53. The number of aromatic nitrogens is 2. The van der Waals surface area contributed by atoms with E-state index in [1.807, 2.05) is 17.9 Å². The highest BCUT2D eigenvalue weighted by atomic mass is 15.3. The molecule has 0 aromatic carbocycles. The fraction of sp³-hybridized carbons (Fsp3) is 0.812. The van der Waals surface area contributed by atoms with Gasteiger partial charge in [-0.1, -0.05) is 27.2 Å². The minimum Gasteiger partial charge on any atom is -0.308 e. The second kappa shape index (κ2) is 6.08. The number of rotatable bonds is 3. The van der Waals surface area contributed by atoms with Gasteiger partial charge < -0.3 is 5.32 Å². The molecule has 1 fully saturated rings. The molecule has 0 bridgehead atoms. The van der Waals surface area contributed by atoms with Gasteiger partial charge in [-0.15, -0.1) is 0 Å². The molecule has 2 rings (SSSR count). The quantitative estimate of drug-likeness (QED) is 0.846. The van der Waals surface area contributed by atoms with Gasteiger partial charge in [0.25, 0.3) is 0 Å². The minimum absolute atomic E-state index is 0.468. The monoisotopic (exact) mass is 263 g/mol. The molecule has 1 N–H and O–H groups in total. The number of nitrogens with zero attached hydrogens (tertiary/aromatic N) is 2. The summed E-state index contributed by atoms with van der Waals surface area (Å²) in [5.74, 6) is 0.883. The molecule has 1 heterocycles. The first kappa shape index (κ1) is 14.6. The molecule has 2 atom stereocenters. The van der Waals surface area contributed by atoms with Crippen molar-refractivity contribution in [2.24, 2.45) is 18.4 Å². The standard InChI is InChI=1S/C16H29N3/c1-16(2,3)13-6-5-7-14(9-8-13)17-12-15-10-11-19(4)18-15/h10-11,13-14,17H,5-9,12H2,1-4H3. The molecule has 3 nitrogen and oxygen atoms in total. The van der Waals surface area contributed by atoms with Gasteiger partial charge in [-0.05, 0) is 43.1 Å². The van der Waals surface area contributed by atoms with Crippen molar-refractivity contribution >= 4 is 0 Å². The minimum atomic E-state index is 0.468. The van der Waals surface area contributed by atoms with Crippen molar-refractivity contribution in [3.05, 3.63) is 18.0 Å². The Morgan fingerprint density at radius 1 is 1.26 bits per heavy atom. The van der Waals surface area contributed by atoms with E-state index >= 15 is 0 Å². The van der Waals surface area contributed by atoms with Crippen molar-refractivity contribution in [2.75, 3.05) is 0 Å². The molecule has 108 valence electrons. The van der Waals surface area contributed by atoms with Crippen LogP contribution >= 0.6 is 0 Å². The van der Waals surface area contributed by atoms with Gasteiger partial charge in [0.1, 0.15) is 0 Å². The van der Waals surface area contributed by atoms with E-state index in [-0.39, 0.29) is 0 Å². The van der Waals surface area contributed by atoms with Crippen molar-refractivity contribution in [3.8, 4) is 0 Å². The van der Waals surface area contributed by atoms with Gasteiger partial charge in [-0.2, -0.15) is 5.10 Å². The molecule has 19 heavy (non-hydrogen) atoms. The lowest BCUT2D eigenvalue weighted by molar-refractivity contribution is 0.213. The zero-order valence-corrected chi connectivity index (χ0v) is 12.9. The molecule has 1 aliphatic rings. The Morgan fingerprint density at radius 3 is 2.68 bits per heavy atom. The Balaban J connectivity index is 1.80. The summed E-state index contributed by atoms with van der Waals surface area (Å²) >= 11 is 0. The summed E-state index contributed by atoms with van der Waals surface area (Å²) < 4.78 is 1.87. The van der Waals surface area contributed by atoms with E-state index in [4.69, 9.17) is 0 Å². The lowest BCUT2D eigenvalue weighted by Crippen LogP contribution is -2.28. The van der Waals surface area contributed by atoms with E-state index in [2.05, 4.69) is 37.3 Å². The SMILES string of the molecule is Cn1ccc(CNC2CCCC(C(C)(C)C)CC2)n1. The molecule has 0 amide bonds. The van der Waals surface area contributed by atoms with Crippen molar-refractivity contribution < 1.29 is 0 Å². The van der Waals surface area contributed by atoms with Crippen molar-refractivity contribution in [1.29, 1.82) is 0 Å². The van der Waals surface area contributed by atoms with E-state index < -0.39 is 0 Å². The second-order valence-corrected chi connectivity index (χ2v) is 7.13. The van der Waals surface area contributed by atoms with Crippen LogP contribution in [0.25, 0.3) is 0 Å². The van der Waals surface area contributed by atoms with Crippen LogP contribution in [0.3, 0.4) is 0 Å². The van der Waals surface area contributed by atoms with Crippen molar-refractivity contribution in [1.82, 2.24) is 15.1 Å². The summed E-state index contributed by atoms with van der Waals surface area (Å²) in [6, 6.07) is 2.77. The first-order chi connectivity index (χ1) is 8.95. The second-order valence-electron chi connectivity index (χ2n) is 7.13. The summed E-state index contributed by atoms with van der Waals surface area (Å²) in [7, 11) is 1.98. The lowest BCUT2D eigenvalue weighted by Gasteiger charge is -2.29. The van der Waals surface area contributed by atoms with Gasteiger partial charge >= 0.3 is 0 Å². The smallest absolute Gasteiger partial charge is 0.0762 e. The molecule has 1 aliphatic carbocycles. The van der Waals surface area contributed by atoms with E-state index in [0.717, 1.165) is 18.2 Å². The van der Waals surface area contributed by atoms with Crippen LogP contribution in [0.2, 0.25) is 0 Å². The lowest BCUT2D eigenvalue weighted by atomic mass is 9.76. The Labute approximate surface area is 117 Å². The number of aryl methyl sites for hydroxylation is 1. The molecular weight excluding hydrogens is 234 g/mol. The van der Waals surface area contributed by atoms with Crippen LogP contribution < -0.4 is 5.32 Å². The molecule has 1 saturated carbocycles. The van der Waals surface area contributed by atoms with Crippen LogP contribution in [-0.2, 0) is 13.6 Å². The van der Waals surface area contributed by atoms with E-state index in [1.165, 1.54) is 32.1 Å². The fourth-order valence-electron chi connectivity index (χ4n) is 3.18. The molecule has 0 aliphatic heterocycles. The van der Waals surface area contributed by atoms with Crippen LogP contribution in [0.15, 0.2) is 12.3 Å². The van der Waals surface area contributed by atoms with Gasteiger partial charge in [-0.3, -0.25) is 4.68 Å². The zero-order valence-electron chi connectivity index (χ0n) is 12.9. The van der Waals surface area contributed by atoms with Gasteiger partial charge in [0, 0.05) is 25.8 Å². The summed E-state index contributed by atoms with van der Waals surface area (Å²) in [4.78, 5) is 0. The summed E-state index contributed by atoms with van der Waals surface area (Å²) in [5, 5.41) is 8.11. The third kappa shape index (κ3) is 4.34. The van der Waals surface area contributed by atoms with Crippen LogP contribution in [0.1, 0.15) is 58.6 Å². The number of nitrogens with one attached hydrogen (secondary N) is 1. The van der Waals surface area contributed by atoms with E-state index in [1.54, 1.807) is 0 Å². The van der Waals surface area contributed by atoms with E-state index in [0.29, 0.717) is 11.5 Å². The maximum absolute atomic E-state index is 4.43. The average molecular weight is 263 g/mol. The molecule has 0 radical (unpaired) electrons. The molecular formula is C16H29N3. The normalized spacial score (nSPS) is 25.3. The van der Waals surface area contributed by atoms with Crippen molar-refractivity contribution in [2.45, 2.75) is 65.5 Å². The summed E-state index contributed by atoms with van der Waals surface area (Å²) in [5.41, 5.74) is 1.62. The molecule has 2 unspecified atom stereocenters. The van der Waals surface area contributed by atoms with Crippen LogP contribution in [-0.4, -0.2) is 15.8 Å². The number of hydrogen-bond donors (Lipinski definition) is 1. The van der Waals surface area contributed by atoms with E-state index in [9.17, 15) is 0 Å². The maximum Gasteiger partial charge on any atom is 0.0762 e. The van der Waals surface area contributed by atoms with Crippen molar-refractivity contribution in [3.63, 3.8) is 0 Å². The molecule has 0 spiro atoms. The Bertz CT molecular complexity index is 389. The highest BCUT2D eigenvalue weighted by molar-refractivity contribution is 4.98. The first-order valence-corrected chi connectivity index (χ1v) is 7.67.